The summed E-state index contributed by atoms with van der Waals surface area (Å²) in [6.45, 7) is 7.16. The Labute approximate surface area is 174 Å². The molecule has 2 unspecified atom stereocenters. The van der Waals surface area contributed by atoms with Crippen LogP contribution < -0.4 is 0 Å². The Balaban J connectivity index is 1.54. The van der Waals surface area contributed by atoms with Crippen LogP contribution in [0.3, 0.4) is 0 Å². The van der Waals surface area contributed by atoms with Gasteiger partial charge in [-0.1, -0.05) is 112 Å². The summed E-state index contributed by atoms with van der Waals surface area (Å²) < 4.78 is 0. The molecule has 144 valence electrons. The third-order valence-corrected chi connectivity index (χ3v) is 7.01. The second-order valence-electron chi connectivity index (χ2n) is 9.01. The highest BCUT2D eigenvalue weighted by molar-refractivity contribution is 5.90. The highest BCUT2D eigenvalue weighted by Crippen LogP contribution is 2.53. The summed E-state index contributed by atoms with van der Waals surface area (Å²) in [5.74, 6) is 0.989. The molecule has 0 spiro atoms. The van der Waals surface area contributed by atoms with Gasteiger partial charge in [-0.15, -0.1) is 0 Å². The van der Waals surface area contributed by atoms with E-state index in [1.807, 2.05) is 0 Å². The van der Waals surface area contributed by atoms with Crippen LogP contribution in [0.1, 0.15) is 49.8 Å². The van der Waals surface area contributed by atoms with Crippen molar-refractivity contribution in [1.29, 1.82) is 0 Å². The molecule has 3 aromatic carbocycles. The van der Waals surface area contributed by atoms with Gasteiger partial charge < -0.3 is 0 Å². The monoisotopic (exact) mass is 376 g/mol. The zero-order valence-corrected chi connectivity index (χ0v) is 17.5. The van der Waals surface area contributed by atoms with Gasteiger partial charge in [0.2, 0.25) is 0 Å². The zero-order chi connectivity index (χ0) is 20.0. The summed E-state index contributed by atoms with van der Waals surface area (Å²) in [5.41, 5.74) is 10.1. The first-order chi connectivity index (χ1) is 14.1. The molecule has 2 atom stereocenters. The molecule has 29 heavy (non-hydrogen) atoms. The predicted molar refractivity (Wildman–Crippen MR) is 124 cm³/mol. The number of hydrogen-bond donors (Lipinski definition) is 0. The van der Waals surface area contributed by atoms with Crippen molar-refractivity contribution < 1.29 is 0 Å². The van der Waals surface area contributed by atoms with Gasteiger partial charge in [0.05, 0.1) is 0 Å². The maximum Gasteiger partial charge on any atom is 0.0155 e. The van der Waals surface area contributed by atoms with Crippen molar-refractivity contribution in [3.63, 3.8) is 0 Å². The van der Waals surface area contributed by atoms with E-state index < -0.39 is 0 Å². The second-order valence-corrected chi connectivity index (χ2v) is 9.01. The maximum absolute atomic E-state index is 2.59. The van der Waals surface area contributed by atoms with Crippen molar-refractivity contribution in [2.75, 3.05) is 0 Å². The fourth-order valence-electron chi connectivity index (χ4n) is 5.30. The normalized spacial score (nSPS) is 20.3. The molecular weight excluding hydrogens is 348 g/mol. The number of allylic oxidation sites excluding steroid dienone is 4. The van der Waals surface area contributed by atoms with Gasteiger partial charge in [0.1, 0.15) is 0 Å². The molecule has 0 amide bonds. The fourth-order valence-corrected chi connectivity index (χ4v) is 5.30. The minimum Gasteiger partial charge on any atom is -0.0758 e. The first kappa shape index (κ1) is 18.2. The van der Waals surface area contributed by atoms with Crippen LogP contribution in [0, 0.1) is 5.92 Å². The largest absolute Gasteiger partial charge is 0.0758 e. The zero-order valence-electron chi connectivity index (χ0n) is 17.5. The van der Waals surface area contributed by atoms with E-state index in [2.05, 4.69) is 112 Å². The Hall–Kier alpha value is -2.86. The van der Waals surface area contributed by atoms with Crippen molar-refractivity contribution in [2.24, 2.45) is 5.92 Å². The van der Waals surface area contributed by atoms with Gasteiger partial charge in [-0.2, -0.15) is 0 Å². The quantitative estimate of drug-likeness (QED) is 0.438. The van der Waals surface area contributed by atoms with E-state index in [-0.39, 0.29) is 5.41 Å². The smallest absolute Gasteiger partial charge is 0.0155 e. The van der Waals surface area contributed by atoms with Crippen LogP contribution in [0.25, 0.3) is 16.7 Å². The molecule has 0 aromatic heterocycles. The molecule has 0 saturated carbocycles. The highest BCUT2D eigenvalue weighted by atomic mass is 14.4. The van der Waals surface area contributed by atoms with Gasteiger partial charge >= 0.3 is 0 Å². The lowest BCUT2D eigenvalue weighted by atomic mass is 9.74. The number of rotatable bonds is 3. The summed E-state index contributed by atoms with van der Waals surface area (Å²) in [6, 6.07) is 28.7. The summed E-state index contributed by atoms with van der Waals surface area (Å²) in [5, 5.41) is 0. The van der Waals surface area contributed by atoms with Crippen molar-refractivity contribution in [3.8, 4) is 11.1 Å². The molecule has 0 heterocycles. The Bertz CT molecular complexity index is 1110. The molecular formula is C29H28. The van der Waals surface area contributed by atoms with Gasteiger partial charge in [-0.3, -0.25) is 0 Å². The first-order valence-corrected chi connectivity index (χ1v) is 10.7. The third-order valence-electron chi connectivity index (χ3n) is 7.01. The molecule has 0 aliphatic heterocycles. The van der Waals surface area contributed by atoms with Crippen LogP contribution in [-0.2, 0) is 5.41 Å². The van der Waals surface area contributed by atoms with E-state index in [1.54, 1.807) is 0 Å². The minimum atomic E-state index is 0.0831. The summed E-state index contributed by atoms with van der Waals surface area (Å²) >= 11 is 0. The molecule has 3 aromatic rings. The van der Waals surface area contributed by atoms with E-state index >= 15 is 0 Å². The Kier molecular flexibility index (Phi) is 4.32. The van der Waals surface area contributed by atoms with Gasteiger partial charge in [-0.25, -0.2) is 0 Å². The van der Waals surface area contributed by atoms with Gasteiger partial charge in [-0.05, 0) is 57.2 Å². The van der Waals surface area contributed by atoms with E-state index in [4.69, 9.17) is 0 Å². The van der Waals surface area contributed by atoms with Gasteiger partial charge in [0, 0.05) is 5.41 Å². The van der Waals surface area contributed by atoms with Gasteiger partial charge in [0.15, 0.2) is 0 Å². The first-order valence-electron chi connectivity index (χ1n) is 10.7. The van der Waals surface area contributed by atoms with Crippen LogP contribution >= 0.6 is 0 Å². The minimum absolute atomic E-state index is 0.0831. The SMILES string of the molecule is CC(c1ccccc1-c1ccccc1)C1C=C2C(=CC1)c1ccccc1C2(C)C. The highest BCUT2D eigenvalue weighted by Gasteiger charge is 2.40. The van der Waals surface area contributed by atoms with Crippen LogP contribution in [0.4, 0.5) is 0 Å². The van der Waals surface area contributed by atoms with Crippen LogP contribution in [-0.4, -0.2) is 0 Å². The van der Waals surface area contributed by atoms with E-state index in [0.29, 0.717) is 11.8 Å². The van der Waals surface area contributed by atoms with Crippen molar-refractivity contribution in [3.05, 3.63) is 113 Å². The van der Waals surface area contributed by atoms with Crippen molar-refractivity contribution in [1.82, 2.24) is 0 Å². The van der Waals surface area contributed by atoms with Crippen molar-refractivity contribution >= 4 is 5.57 Å². The van der Waals surface area contributed by atoms with Crippen LogP contribution in [0.2, 0.25) is 0 Å². The topological polar surface area (TPSA) is 0 Å². The number of fused-ring (bicyclic) bond motifs is 3. The lowest BCUT2D eigenvalue weighted by Crippen LogP contribution is -2.19. The Morgan fingerprint density at radius 2 is 1.45 bits per heavy atom. The summed E-state index contributed by atoms with van der Waals surface area (Å²) in [7, 11) is 0. The van der Waals surface area contributed by atoms with E-state index in [0.717, 1.165) is 6.42 Å². The molecule has 0 N–H and O–H groups in total. The Morgan fingerprint density at radius 1 is 0.793 bits per heavy atom. The van der Waals surface area contributed by atoms with Crippen molar-refractivity contribution in [2.45, 2.75) is 38.5 Å². The van der Waals surface area contributed by atoms with Crippen LogP contribution in [0.5, 0.6) is 0 Å². The average molecular weight is 377 g/mol. The Morgan fingerprint density at radius 3 is 2.24 bits per heavy atom. The lowest BCUT2D eigenvalue weighted by Gasteiger charge is -2.30. The number of benzene rings is 3. The third kappa shape index (κ3) is 2.90. The molecule has 2 aliphatic rings. The molecule has 0 bridgehead atoms. The molecule has 0 fully saturated rings. The molecule has 0 radical (unpaired) electrons. The van der Waals surface area contributed by atoms with E-state index in [9.17, 15) is 0 Å². The molecule has 0 nitrogen and oxygen atoms in total. The molecule has 5 rings (SSSR count). The molecule has 0 heteroatoms. The van der Waals surface area contributed by atoms with E-state index in [1.165, 1.54) is 39.0 Å². The lowest BCUT2D eigenvalue weighted by molar-refractivity contribution is 0.531. The standard InChI is InChI=1S/C29H28/c1-20(23-13-7-8-14-24(23)21-11-5-4-6-12-21)22-17-18-26-25-15-9-10-16-27(25)29(2,3)28(26)19-22/h4-16,18-20,22H,17H2,1-3H3. The average Bonchev–Trinajstić information content (AvgIpc) is 3.01. The summed E-state index contributed by atoms with van der Waals surface area (Å²) in [4.78, 5) is 0. The van der Waals surface area contributed by atoms with Gasteiger partial charge in [0.25, 0.3) is 0 Å². The number of hydrogen-bond acceptors (Lipinski definition) is 0. The predicted octanol–water partition coefficient (Wildman–Crippen LogP) is 7.78. The fraction of sp³-hybridized carbons (Fsp3) is 0.241. The second kappa shape index (κ2) is 6.88. The molecule has 0 saturated heterocycles. The maximum atomic E-state index is 2.59. The molecule has 2 aliphatic carbocycles. The summed E-state index contributed by atoms with van der Waals surface area (Å²) in [6.07, 6.45) is 6.19. The van der Waals surface area contributed by atoms with Crippen LogP contribution in [0.15, 0.2) is 96.6 Å².